The summed E-state index contributed by atoms with van der Waals surface area (Å²) in [4.78, 5) is 2.19. The van der Waals surface area contributed by atoms with Crippen molar-refractivity contribution in [2.24, 2.45) is 0 Å². The van der Waals surface area contributed by atoms with Crippen molar-refractivity contribution in [1.29, 1.82) is 0 Å². The molecule has 0 saturated carbocycles. The van der Waals surface area contributed by atoms with E-state index in [0.717, 1.165) is 31.7 Å². The molecular formula is C14H19ClFNO. The molecule has 18 heavy (non-hydrogen) atoms. The summed E-state index contributed by atoms with van der Waals surface area (Å²) in [6.45, 7) is 2.55. The smallest absolute Gasteiger partial charge is 0.141 e. The maximum atomic E-state index is 13.0. The molecule has 4 heteroatoms. The van der Waals surface area contributed by atoms with Crippen LogP contribution < -0.4 is 0 Å². The molecule has 1 saturated heterocycles. The quantitative estimate of drug-likeness (QED) is 0.831. The molecule has 0 unspecified atom stereocenters. The van der Waals surface area contributed by atoms with Crippen LogP contribution >= 0.6 is 11.6 Å². The van der Waals surface area contributed by atoms with Crippen LogP contribution in [0.1, 0.15) is 24.8 Å². The van der Waals surface area contributed by atoms with Gasteiger partial charge >= 0.3 is 0 Å². The molecule has 0 amide bonds. The van der Waals surface area contributed by atoms with Crippen molar-refractivity contribution in [3.63, 3.8) is 0 Å². The highest BCUT2D eigenvalue weighted by atomic mass is 35.5. The molecule has 2 rings (SSSR count). The fraction of sp³-hybridized carbons (Fsp3) is 0.571. The van der Waals surface area contributed by atoms with Crippen LogP contribution in [0, 0.1) is 5.82 Å². The van der Waals surface area contributed by atoms with Gasteiger partial charge in [-0.2, -0.15) is 0 Å². The Bertz CT molecular complexity index is 393. The monoisotopic (exact) mass is 271 g/mol. The molecule has 0 bridgehead atoms. The first-order chi connectivity index (χ1) is 8.65. The second-order valence-electron chi connectivity index (χ2n) is 4.93. The minimum absolute atomic E-state index is 0.190. The highest BCUT2D eigenvalue weighted by Gasteiger charge is 2.16. The largest absolute Gasteiger partial charge is 0.377 e. The number of rotatable bonds is 4. The fourth-order valence-electron chi connectivity index (χ4n) is 2.31. The SMILES string of the molecule is CN(Cc1ccc(F)c(Cl)c1)C[C@H]1CCCCO1. The van der Waals surface area contributed by atoms with Crippen molar-refractivity contribution in [2.45, 2.75) is 31.9 Å². The molecule has 1 fully saturated rings. The van der Waals surface area contributed by atoms with Crippen LogP contribution in [0.25, 0.3) is 0 Å². The first-order valence-corrected chi connectivity index (χ1v) is 6.77. The molecule has 1 aromatic carbocycles. The Labute approximate surface area is 113 Å². The summed E-state index contributed by atoms with van der Waals surface area (Å²) < 4.78 is 18.7. The van der Waals surface area contributed by atoms with Gasteiger partial charge in [-0.3, -0.25) is 4.90 Å². The van der Waals surface area contributed by atoms with Crippen molar-refractivity contribution < 1.29 is 9.13 Å². The number of likely N-dealkylation sites (N-methyl/N-ethyl adjacent to an activating group) is 1. The standard InChI is InChI=1S/C14H19ClFNO/c1-17(10-12-4-2-3-7-18-12)9-11-5-6-14(16)13(15)8-11/h5-6,8,12H,2-4,7,9-10H2,1H3/t12-/m1/s1. The second-order valence-corrected chi connectivity index (χ2v) is 5.34. The van der Waals surface area contributed by atoms with Crippen molar-refractivity contribution in [3.05, 3.63) is 34.6 Å². The maximum Gasteiger partial charge on any atom is 0.141 e. The van der Waals surface area contributed by atoms with Gasteiger partial charge in [-0.05, 0) is 44.0 Å². The van der Waals surface area contributed by atoms with E-state index in [1.807, 2.05) is 0 Å². The van der Waals surface area contributed by atoms with Crippen molar-refractivity contribution >= 4 is 11.6 Å². The lowest BCUT2D eigenvalue weighted by atomic mass is 10.1. The molecule has 0 aromatic heterocycles. The van der Waals surface area contributed by atoms with E-state index in [2.05, 4.69) is 11.9 Å². The van der Waals surface area contributed by atoms with Crippen LogP contribution in [0.4, 0.5) is 4.39 Å². The summed E-state index contributed by atoms with van der Waals surface area (Å²) in [5.41, 5.74) is 1.03. The Morgan fingerprint density at radius 3 is 2.94 bits per heavy atom. The van der Waals surface area contributed by atoms with Crippen molar-refractivity contribution in [2.75, 3.05) is 20.2 Å². The van der Waals surface area contributed by atoms with Gasteiger partial charge in [0.2, 0.25) is 0 Å². The van der Waals surface area contributed by atoms with Gasteiger partial charge in [-0.25, -0.2) is 4.39 Å². The lowest BCUT2D eigenvalue weighted by molar-refractivity contribution is -0.00259. The minimum atomic E-state index is -0.362. The summed E-state index contributed by atoms with van der Waals surface area (Å²) in [5.74, 6) is -0.362. The van der Waals surface area contributed by atoms with Gasteiger partial charge in [0.1, 0.15) is 5.82 Å². The van der Waals surface area contributed by atoms with E-state index in [1.165, 1.54) is 18.9 Å². The Morgan fingerprint density at radius 1 is 1.44 bits per heavy atom. The third-order valence-electron chi connectivity index (χ3n) is 3.23. The van der Waals surface area contributed by atoms with Gasteiger partial charge < -0.3 is 4.74 Å². The van der Waals surface area contributed by atoms with Crippen molar-refractivity contribution in [3.8, 4) is 0 Å². The first kappa shape index (κ1) is 13.8. The summed E-state index contributed by atoms with van der Waals surface area (Å²) in [7, 11) is 2.05. The molecule has 1 atom stereocenters. The second kappa shape index (κ2) is 6.50. The van der Waals surface area contributed by atoms with E-state index in [9.17, 15) is 4.39 Å². The molecule has 100 valence electrons. The van der Waals surface area contributed by atoms with Crippen LogP contribution in [0.5, 0.6) is 0 Å². The zero-order chi connectivity index (χ0) is 13.0. The van der Waals surface area contributed by atoms with Gasteiger partial charge in [0.25, 0.3) is 0 Å². The lowest BCUT2D eigenvalue weighted by Gasteiger charge is -2.27. The Balaban J connectivity index is 1.85. The number of halogens is 2. The van der Waals surface area contributed by atoms with Crippen LogP contribution in [0.2, 0.25) is 5.02 Å². The lowest BCUT2D eigenvalue weighted by Crippen LogP contribution is -2.33. The van der Waals surface area contributed by atoms with E-state index in [1.54, 1.807) is 12.1 Å². The normalized spacial score (nSPS) is 20.3. The highest BCUT2D eigenvalue weighted by Crippen LogP contribution is 2.18. The number of hydrogen-bond acceptors (Lipinski definition) is 2. The van der Waals surface area contributed by atoms with Crippen molar-refractivity contribution in [1.82, 2.24) is 4.90 Å². The fourth-order valence-corrected chi connectivity index (χ4v) is 2.52. The van der Waals surface area contributed by atoms with Gasteiger partial charge in [-0.15, -0.1) is 0 Å². The van der Waals surface area contributed by atoms with Crippen LogP contribution in [-0.2, 0) is 11.3 Å². The molecule has 1 aromatic rings. The minimum Gasteiger partial charge on any atom is -0.377 e. The zero-order valence-electron chi connectivity index (χ0n) is 10.7. The summed E-state index contributed by atoms with van der Waals surface area (Å²) in [6, 6.07) is 4.89. The average molecular weight is 272 g/mol. The molecule has 0 spiro atoms. The first-order valence-electron chi connectivity index (χ1n) is 6.39. The Hall–Kier alpha value is -0.640. The Morgan fingerprint density at radius 2 is 2.28 bits per heavy atom. The average Bonchev–Trinajstić information content (AvgIpc) is 2.35. The van der Waals surface area contributed by atoms with Crippen LogP contribution in [0.3, 0.4) is 0 Å². The van der Waals surface area contributed by atoms with E-state index in [4.69, 9.17) is 16.3 Å². The summed E-state index contributed by atoms with van der Waals surface area (Å²) >= 11 is 5.77. The third kappa shape index (κ3) is 3.94. The number of ether oxygens (including phenoxy) is 1. The van der Waals surface area contributed by atoms with E-state index < -0.39 is 0 Å². The number of nitrogens with zero attached hydrogens (tertiary/aromatic N) is 1. The van der Waals surface area contributed by atoms with E-state index in [0.29, 0.717) is 6.10 Å². The zero-order valence-corrected chi connectivity index (χ0v) is 11.4. The molecule has 1 aliphatic rings. The van der Waals surface area contributed by atoms with Crippen LogP contribution in [-0.4, -0.2) is 31.2 Å². The van der Waals surface area contributed by atoms with Crippen LogP contribution in [0.15, 0.2) is 18.2 Å². The number of hydrogen-bond donors (Lipinski definition) is 0. The molecule has 0 N–H and O–H groups in total. The number of benzene rings is 1. The van der Waals surface area contributed by atoms with Gasteiger partial charge in [0.05, 0.1) is 11.1 Å². The van der Waals surface area contributed by atoms with Gasteiger partial charge in [-0.1, -0.05) is 17.7 Å². The van der Waals surface area contributed by atoms with Gasteiger partial charge in [0, 0.05) is 19.7 Å². The van der Waals surface area contributed by atoms with Gasteiger partial charge in [0.15, 0.2) is 0 Å². The molecule has 1 aliphatic heterocycles. The molecule has 0 radical (unpaired) electrons. The Kier molecular flexibility index (Phi) is 4.98. The molecule has 0 aliphatic carbocycles. The summed E-state index contributed by atoms with van der Waals surface area (Å²) in [6.07, 6.45) is 3.89. The van der Waals surface area contributed by atoms with E-state index >= 15 is 0 Å². The molecule has 2 nitrogen and oxygen atoms in total. The predicted molar refractivity (Wildman–Crippen MR) is 71.3 cm³/mol. The predicted octanol–water partition coefficient (Wildman–Crippen LogP) is 3.48. The summed E-state index contributed by atoms with van der Waals surface area (Å²) in [5, 5.41) is 0.190. The molecular weight excluding hydrogens is 253 g/mol. The molecule has 1 heterocycles. The maximum absolute atomic E-state index is 13.0. The third-order valence-corrected chi connectivity index (χ3v) is 3.52. The topological polar surface area (TPSA) is 12.5 Å². The highest BCUT2D eigenvalue weighted by molar-refractivity contribution is 6.30. The van der Waals surface area contributed by atoms with E-state index in [-0.39, 0.29) is 10.8 Å².